The first kappa shape index (κ1) is 6.48. The van der Waals surface area contributed by atoms with Gasteiger partial charge in [-0.25, -0.2) is 14.8 Å². The Morgan fingerprint density at radius 1 is 1.64 bits per heavy atom. The van der Waals surface area contributed by atoms with Crippen molar-refractivity contribution >= 4 is 35.0 Å². The van der Waals surface area contributed by atoms with E-state index < -0.39 is 12.1 Å². The van der Waals surface area contributed by atoms with Gasteiger partial charge in [-0.05, 0) is 0 Å². The van der Waals surface area contributed by atoms with Gasteiger partial charge in [-0.15, -0.1) is 0 Å². The van der Waals surface area contributed by atoms with Crippen molar-refractivity contribution in [2.24, 2.45) is 15.0 Å². The van der Waals surface area contributed by atoms with Gasteiger partial charge >= 0.3 is 6.03 Å². The third-order valence-electron chi connectivity index (χ3n) is 1.35. The summed E-state index contributed by atoms with van der Waals surface area (Å²) >= 11 is 5.65. The summed E-state index contributed by atoms with van der Waals surface area (Å²) in [5, 5.41) is 2.78. The van der Waals surface area contributed by atoms with E-state index in [0.29, 0.717) is 11.0 Å². The number of amidine groups is 1. The summed E-state index contributed by atoms with van der Waals surface area (Å²) in [5.74, 6) is 0.384. The Balaban J connectivity index is 2.40. The number of hydrogen-bond acceptors (Lipinski definition) is 3. The van der Waals surface area contributed by atoms with Crippen molar-refractivity contribution in [3.05, 3.63) is 0 Å². The van der Waals surface area contributed by atoms with Crippen LogP contribution < -0.4 is 5.32 Å². The third-order valence-corrected chi connectivity index (χ3v) is 1.67. The Morgan fingerprint density at radius 3 is 3.18 bits per heavy atom. The summed E-state index contributed by atoms with van der Waals surface area (Å²) in [7, 11) is 0. The minimum atomic E-state index is -0.422. The van der Waals surface area contributed by atoms with Crippen molar-refractivity contribution in [2.45, 2.75) is 6.04 Å². The Hall–Kier alpha value is -1.23. The summed E-state index contributed by atoms with van der Waals surface area (Å²) in [6.45, 7) is 0. The standard InChI is InChI=1S/C5H3ClN4O/c6-3-2-4(8-1-7-3)10-5(11)9-2/h1-2H,(H,9,11). The highest BCUT2D eigenvalue weighted by Crippen LogP contribution is 2.09. The first-order valence-electron chi connectivity index (χ1n) is 2.92. The fourth-order valence-corrected chi connectivity index (χ4v) is 1.07. The van der Waals surface area contributed by atoms with E-state index in [-0.39, 0.29) is 0 Å². The Kier molecular flexibility index (Phi) is 1.25. The number of carbonyl (C=O) groups is 1. The van der Waals surface area contributed by atoms with Gasteiger partial charge in [0, 0.05) is 0 Å². The normalized spacial score (nSPS) is 27.4. The van der Waals surface area contributed by atoms with Crippen LogP contribution in [-0.4, -0.2) is 29.4 Å². The van der Waals surface area contributed by atoms with Crippen molar-refractivity contribution in [2.75, 3.05) is 0 Å². The lowest BCUT2D eigenvalue weighted by molar-refractivity contribution is 0.251. The van der Waals surface area contributed by atoms with Crippen LogP contribution in [0.15, 0.2) is 15.0 Å². The smallest absolute Gasteiger partial charge is 0.320 e. The van der Waals surface area contributed by atoms with Crippen LogP contribution in [0, 0.1) is 0 Å². The molecule has 0 fully saturated rings. The first-order chi connectivity index (χ1) is 5.27. The summed E-state index contributed by atoms with van der Waals surface area (Å²) in [4.78, 5) is 21.7. The summed E-state index contributed by atoms with van der Waals surface area (Å²) in [5.41, 5.74) is 0. The monoisotopic (exact) mass is 170 g/mol. The molecule has 0 bridgehead atoms. The second-order valence-electron chi connectivity index (χ2n) is 2.05. The molecule has 0 radical (unpaired) electrons. The summed E-state index contributed by atoms with van der Waals surface area (Å²) < 4.78 is 0. The second-order valence-corrected chi connectivity index (χ2v) is 2.44. The summed E-state index contributed by atoms with van der Waals surface area (Å²) in [6.07, 6.45) is 1.28. The zero-order valence-electron chi connectivity index (χ0n) is 5.28. The predicted molar refractivity (Wildman–Crippen MR) is 41.5 cm³/mol. The van der Waals surface area contributed by atoms with Gasteiger partial charge in [-0.3, -0.25) is 0 Å². The minimum absolute atomic E-state index is 0.296. The van der Waals surface area contributed by atoms with Crippen LogP contribution in [-0.2, 0) is 0 Å². The van der Waals surface area contributed by atoms with Crippen LogP contribution in [0.25, 0.3) is 0 Å². The maximum atomic E-state index is 10.7. The molecular weight excluding hydrogens is 168 g/mol. The van der Waals surface area contributed by atoms with Crippen LogP contribution in [0.2, 0.25) is 0 Å². The maximum Gasteiger partial charge on any atom is 0.343 e. The molecule has 1 unspecified atom stereocenters. The van der Waals surface area contributed by atoms with Gasteiger partial charge < -0.3 is 5.32 Å². The number of nitrogens with one attached hydrogen (secondary N) is 1. The molecule has 56 valence electrons. The zero-order chi connectivity index (χ0) is 7.84. The minimum Gasteiger partial charge on any atom is -0.320 e. The molecule has 2 aliphatic heterocycles. The van der Waals surface area contributed by atoms with Crippen LogP contribution in [0.1, 0.15) is 0 Å². The zero-order valence-corrected chi connectivity index (χ0v) is 6.04. The van der Waals surface area contributed by atoms with E-state index in [4.69, 9.17) is 11.6 Å². The molecule has 6 heteroatoms. The number of rotatable bonds is 0. The van der Waals surface area contributed by atoms with Crippen molar-refractivity contribution in [3.63, 3.8) is 0 Å². The molecule has 1 N–H and O–H groups in total. The SMILES string of the molecule is O=C1N=C2N=CN=C(Cl)C2N1. The van der Waals surface area contributed by atoms with E-state index in [1.807, 2.05) is 0 Å². The Labute approximate surface area is 66.9 Å². The quantitative estimate of drug-likeness (QED) is 0.553. The highest BCUT2D eigenvalue weighted by molar-refractivity contribution is 6.70. The molecule has 0 aliphatic carbocycles. The van der Waals surface area contributed by atoms with Crippen molar-refractivity contribution in [1.29, 1.82) is 0 Å². The fraction of sp³-hybridized carbons (Fsp3) is 0.200. The molecule has 0 spiro atoms. The lowest BCUT2D eigenvalue weighted by atomic mass is 10.3. The largest absolute Gasteiger partial charge is 0.343 e. The molecule has 1 atom stereocenters. The van der Waals surface area contributed by atoms with Gasteiger partial charge in [0.15, 0.2) is 5.84 Å². The third kappa shape index (κ3) is 0.932. The molecule has 2 amide bonds. The first-order valence-corrected chi connectivity index (χ1v) is 3.30. The number of urea groups is 1. The molecule has 0 saturated carbocycles. The number of carbonyl (C=O) groups excluding carboxylic acids is 1. The molecule has 0 saturated heterocycles. The average molecular weight is 171 g/mol. The fourth-order valence-electron chi connectivity index (χ4n) is 0.876. The highest BCUT2D eigenvalue weighted by Gasteiger charge is 2.30. The molecule has 11 heavy (non-hydrogen) atoms. The number of fused-ring (bicyclic) bond motifs is 1. The molecule has 0 aromatic heterocycles. The molecule has 0 aromatic carbocycles. The second kappa shape index (κ2) is 2.13. The molecule has 5 nitrogen and oxygen atoms in total. The maximum absolute atomic E-state index is 10.7. The number of halogens is 1. The molecule has 2 rings (SSSR count). The Bertz CT molecular complexity index is 306. The average Bonchev–Trinajstić information content (AvgIpc) is 2.31. The van der Waals surface area contributed by atoms with E-state index in [0.717, 1.165) is 0 Å². The van der Waals surface area contributed by atoms with Gasteiger partial charge in [0.1, 0.15) is 17.6 Å². The van der Waals surface area contributed by atoms with E-state index in [9.17, 15) is 4.79 Å². The summed E-state index contributed by atoms with van der Waals surface area (Å²) in [6, 6.07) is -0.841. The number of nitrogens with zero attached hydrogens (tertiary/aromatic N) is 3. The van der Waals surface area contributed by atoms with Crippen LogP contribution >= 0.6 is 11.6 Å². The molecule has 2 aliphatic rings. The predicted octanol–water partition coefficient (Wildman–Crippen LogP) is 0.156. The van der Waals surface area contributed by atoms with E-state index in [1.54, 1.807) is 0 Å². The Morgan fingerprint density at radius 2 is 2.45 bits per heavy atom. The topological polar surface area (TPSA) is 66.2 Å². The molecular formula is C5H3ClN4O. The van der Waals surface area contributed by atoms with E-state index >= 15 is 0 Å². The highest BCUT2D eigenvalue weighted by atomic mass is 35.5. The van der Waals surface area contributed by atoms with Crippen molar-refractivity contribution < 1.29 is 4.79 Å². The molecule has 2 heterocycles. The number of hydrogen-bond donors (Lipinski definition) is 1. The van der Waals surface area contributed by atoms with Gasteiger partial charge in [0.25, 0.3) is 0 Å². The van der Waals surface area contributed by atoms with Gasteiger partial charge in [0.2, 0.25) is 0 Å². The van der Waals surface area contributed by atoms with Crippen molar-refractivity contribution in [1.82, 2.24) is 5.32 Å². The lowest BCUT2D eigenvalue weighted by Crippen LogP contribution is -2.38. The van der Waals surface area contributed by atoms with Crippen molar-refractivity contribution in [3.8, 4) is 0 Å². The van der Waals surface area contributed by atoms with E-state index in [2.05, 4.69) is 20.3 Å². The van der Waals surface area contributed by atoms with Gasteiger partial charge in [-0.1, -0.05) is 11.6 Å². The number of amides is 2. The van der Waals surface area contributed by atoms with Crippen LogP contribution in [0.3, 0.4) is 0 Å². The van der Waals surface area contributed by atoms with E-state index in [1.165, 1.54) is 6.34 Å². The van der Waals surface area contributed by atoms with Gasteiger partial charge in [-0.2, -0.15) is 4.99 Å². The van der Waals surface area contributed by atoms with Crippen LogP contribution in [0.5, 0.6) is 0 Å². The van der Waals surface area contributed by atoms with Crippen LogP contribution in [0.4, 0.5) is 4.79 Å². The lowest BCUT2D eigenvalue weighted by Gasteiger charge is -2.09. The molecule has 0 aromatic rings. The van der Waals surface area contributed by atoms with Gasteiger partial charge in [0.05, 0.1) is 0 Å². The number of aliphatic imine (C=N–C) groups is 3.